The summed E-state index contributed by atoms with van der Waals surface area (Å²) in [5, 5.41) is 3.29. The lowest BCUT2D eigenvalue weighted by atomic mass is 9.88. The number of carbonyl (C=O) groups excluding carboxylic acids is 1. The van der Waals surface area contributed by atoms with Crippen LogP contribution in [-0.2, 0) is 11.3 Å². The molecule has 4 rings (SSSR count). The number of benzene rings is 2. The number of piperidine rings is 1. The minimum Gasteiger partial charge on any atom is -0.497 e. The van der Waals surface area contributed by atoms with Crippen LogP contribution in [-0.4, -0.2) is 36.6 Å². The van der Waals surface area contributed by atoms with Crippen LogP contribution in [0.2, 0.25) is 0 Å². The Balaban J connectivity index is 1.44. The Morgan fingerprint density at radius 3 is 2.77 bits per heavy atom. The highest BCUT2D eigenvalue weighted by atomic mass is 19.1. The Bertz CT molecular complexity index is 929. The molecule has 2 aliphatic rings. The van der Waals surface area contributed by atoms with Crippen LogP contribution in [0.15, 0.2) is 42.5 Å². The summed E-state index contributed by atoms with van der Waals surface area (Å²) in [5.41, 5.74) is 1.67. The monoisotopic (exact) mass is 426 g/mol. The van der Waals surface area contributed by atoms with Crippen molar-refractivity contribution >= 4 is 5.91 Å². The number of hydrogen-bond donors (Lipinski definition) is 1. The molecule has 5 nitrogen and oxygen atoms in total. The van der Waals surface area contributed by atoms with Crippen molar-refractivity contribution in [1.82, 2.24) is 10.2 Å². The van der Waals surface area contributed by atoms with Crippen LogP contribution in [0.1, 0.15) is 50.3 Å². The first-order valence-corrected chi connectivity index (χ1v) is 11.0. The van der Waals surface area contributed by atoms with Gasteiger partial charge in [0.2, 0.25) is 5.91 Å². The van der Waals surface area contributed by atoms with Crippen molar-refractivity contribution in [1.29, 1.82) is 0 Å². The van der Waals surface area contributed by atoms with E-state index in [1.54, 1.807) is 7.11 Å². The SMILES string of the molecule is COc1ccc2c(c1)C(NC(=O)C1CCCN(Cc3ccc(F)cc3)C1)CC(C)(C)O2. The first-order chi connectivity index (χ1) is 14.8. The van der Waals surface area contributed by atoms with E-state index in [9.17, 15) is 9.18 Å². The topological polar surface area (TPSA) is 50.8 Å². The van der Waals surface area contributed by atoms with Gasteiger partial charge >= 0.3 is 0 Å². The van der Waals surface area contributed by atoms with Gasteiger partial charge in [0.1, 0.15) is 22.9 Å². The fraction of sp³-hybridized carbons (Fsp3) is 0.480. The van der Waals surface area contributed by atoms with E-state index in [4.69, 9.17) is 9.47 Å². The molecular formula is C25H31FN2O3. The molecule has 31 heavy (non-hydrogen) atoms. The molecule has 0 aromatic heterocycles. The van der Waals surface area contributed by atoms with Gasteiger partial charge in [-0.05, 0) is 69.1 Å². The number of carbonyl (C=O) groups is 1. The number of methoxy groups -OCH3 is 1. The van der Waals surface area contributed by atoms with Crippen LogP contribution >= 0.6 is 0 Å². The smallest absolute Gasteiger partial charge is 0.224 e. The number of nitrogens with one attached hydrogen (secondary N) is 1. The van der Waals surface area contributed by atoms with Gasteiger partial charge < -0.3 is 14.8 Å². The fourth-order valence-corrected chi connectivity index (χ4v) is 4.64. The predicted octanol–water partition coefficient (Wildman–Crippen LogP) is 4.46. The number of fused-ring (bicyclic) bond motifs is 1. The Morgan fingerprint density at radius 2 is 2.03 bits per heavy atom. The Morgan fingerprint density at radius 1 is 1.26 bits per heavy atom. The number of ether oxygens (including phenoxy) is 2. The lowest BCUT2D eigenvalue weighted by Gasteiger charge is -2.39. The third kappa shape index (κ3) is 5.18. The van der Waals surface area contributed by atoms with Crippen LogP contribution in [0.25, 0.3) is 0 Å². The summed E-state index contributed by atoms with van der Waals surface area (Å²) >= 11 is 0. The molecule has 2 aromatic rings. The molecule has 0 saturated carbocycles. The molecule has 1 saturated heterocycles. The molecule has 2 atom stereocenters. The van der Waals surface area contributed by atoms with Gasteiger partial charge in [0, 0.05) is 25.1 Å². The third-order valence-electron chi connectivity index (χ3n) is 6.19. The second-order valence-corrected chi connectivity index (χ2v) is 9.23. The molecule has 0 bridgehead atoms. The van der Waals surface area contributed by atoms with Crippen molar-refractivity contribution in [3.63, 3.8) is 0 Å². The molecule has 2 unspecified atom stereocenters. The summed E-state index contributed by atoms with van der Waals surface area (Å²) in [6, 6.07) is 12.2. The molecule has 2 aliphatic heterocycles. The first-order valence-electron chi connectivity index (χ1n) is 11.0. The molecule has 0 spiro atoms. The summed E-state index contributed by atoms with van der Waals surface area (Å²) in [4.78, 5) is 15.5. The van der Waals surface area contributed by atoms with Gasteiger partial charge in [0.15, 0.2) is 0 Å². The first kappa shape index (κ1) is 21.6. The molecule has 6 heteroatoms. The number of likely N-dealkylation sites (tertiary alicyclic amines) is 1. The summed E-state index contributed by atoms with van der Waals surface area (Å²) < 4.78 is 24.7. The largest absolute Gasteiger partial charge is 0.497 e. The standard InChI is InChI=1S/C25H31FN2O3/c1-25(2)14-22(21-13-20(30-3)10-11-23(21)31-25)27-24(29)18-5-4-12-28(16-18)15-17-6-8-19(26)9-7-17/h6-11,13,18,22H,4-5,12,14-16H2,1-3H3,(H,27,29). The zero-order valence-electron chi connectivity index (χ0n) is 18.5. The van der Waals surface area contributed by atoms with Gasteiger partial charge in [-0.2, -0.15) is 0 Å². The normalized spacial score (nSPS) is 22.8. The van der Waals surface area contributed by atoms with Crippen molar-refractivity contribution < 1.29 is 18.7 Å². The summed E-state index contributed by atoms with van der Waals surface area (Å²) in [5.74, 6) is 1.35. The molecule has 1 N–H and O–H groups in total. The zero-order chi connectivity index (χ0) is 22.0. The quantitative estimate of drug-likeness (QED) is 0.767. The molecule has 2 aromatic carbocycles. The molecule has 1 fully saturated rings. The molecule has 1 amide bonds. The predicted molar refractivity (Wildman–Crippen MR) is 118 cm³/mol. The summed E-state index contributed by atoms with van der Waals surface area (Å²) in [7, 11) is 1.64. The minimum absolute atomic E-state index is 0.0609. The third-order valence-corrected chi connectivity index (χ3v) is 6.19. The second-order valence-electron chi connectivity index (χ2n) is 9.23. The number of amides is 1. The van der Waals surface area contributed by atoms with Gasteiger partial charge in [-0.3, -0.25) is 9.69 Å². The highest BCUT2D eigenvalue weighted by Gasteiger charge is 2.36. The Hall–Kier alpha value is -2.60. The van der Waals surface area contributed by atoms with Crippen molar-refractivity contribution in [2.75, 3.05) is 20.2 Å². The average molecular weight is 427 g/mol. The van der Waals surface area contributed by atoms with E-state index in [1.165, 1.54) is 12.1 Å². The fourth-order valence-electron chi connectivity index (χ4n) is 4.64. The highest BCUT2D eigenvalue weighted by Crippen LogP contribution is 2.41. The van der Waals surface area contributed by atoms with Crippen LogP contribution in [0.4, 0.5) is 4.39 Å². The van der Waals surface area contributed by atoms with Gasteiger partial charge in [0.05, 0.1) is 19.1 Å². The summed E-state index contributed by atoms with van der Waals surface area (Å²) in [6.45, 7) is 6.48. The van der Waals surface area contributed by atoms with E-state index in [2.05, 4.69) is 10.2 Å². The van der Waals surface area contributed by atoms with E-state index < -0.39 is 0 Å². The lowest BCUT2D eigenvalue weighted by Crippen LogP contribution is -2.46. The second kappa shape index (κ2) is 8.87. The Labute approximate surface area is 183 Å². The lowest BCUT2D eigenvalue weighted by molar-refractivity contribution is -0.128. The number of rotatable bonds is 5. The molecule has 0 aliphatic carbocycles. The van der Waals surface area contributed by atoms with Gasteiger partial charge in [-0.1, -0.05) is 12.1 Å². The maximum Gasteiger partial charge on any atom is 0.224 e. The van der Waals surface area contributed by atoms with Gasteiger partial charge in [-0.15, -0.1) is 0 Å². The maximum absolute atomic E-state index is 13.2. The van der Waals surface area contributed by atoms with Gasteiger partial charge in [0.25, 0.3) is 0 Å². The molecule has 2 heterocycles. The van der Waals surface area contributed by atoms with E-state index in [0.29, 0.717) is 13.0 Å². The number of hydrogen-bond acceptors (Lipinski definition) is 4. The van der Waals surface area contributed by atoms with Crippen LogP contribution in [0.3, 0.4) is 0 Å². The van der Waals surface area contributed by atoms with Crippen LogP contribution in [0.5, 0.6) is 11.5 Å². The van der Waals surface area contributed by atoms with Gasteiger partial charge in [-0.25, -0.2) is 4.39 Å². The van der Waals surface area contributed by atoms with Crippen molar-refractivity contribution in [2.45, 2.75) is 51.3 Å². The average Bonchev–Trinajstić information content (AvgIpc) is 2.74. The van der Waals surface area contributed by atoms with Crippen molar-refractivity contribution in [3.8, 4) is 11.5 Å². The maximum atomic E-state index is 13.2. The molecule has 0 radical (unpaired) electrons. The number of halogens is 1. The minimum atomic E-state index is -0.360. The Kier molecular flexibility index (Phi) is 6.19. The number of nitrogens with zero attached hydrogens (tertiary/aromatic N) is 1. The van der Waals surface area contributed by atoms with Crippen LogP contribution in [0, 0.1) is 11.7 Å². The molecule has 166 valence electrons. The van der Waals surface area contributed by atoms with E-state index in [0.717, 1.165) is 48.6 Å². The van der Waals surface area contributed by atoms with E-state index in [-0.39, 0.29) is 29.3 Å². The molecular weight excluding hydrogens is 395 g/mol. The van der Waals surface area contributed by atoms with E-state index in [1.807, 2.05) is 44.2 Å². The zero-order valence-corrected chi connectivity index (χ0v) is 18.5. The summed E-state index contributed by atoms with van der Waals surface area (Å²) in [6.07, 6.45) is 2.55. The van der Waals surface area contributed by atoms with Crippen molar-refractivity contribution in [3.05, 3.63) is 59.4 Å². The van der Waals surface area contributed by atoms with Crippen molar-refractivity contribution in [2.24, 2.45) is 5.92 Å². The highest BCUT2D eigenvalue weighted by molar-refractivity contribution is 5.79. The van der Waals surface area contributed by atoms with E-state index >= 15 is 0 Å². The van der Waals surface area contributed by atoms with Crippen LogP contribution < -0.4 is 14.8 Å².